The molecule has 2 atom stereocenters. The summed E-state index contributed by atoms with van der Waals surface area (Å²) in [5.41, 5.74) is 2.03. The fourth-order valence-corrected chi connectivity index (χ4v) is 18.6. The van der Waals surface area contributed by atoms with Gasteiger partial charge in [-0.3, -0.25) is 0 Å². The van der Waals surface area contributed by atoms with Crippen LogP contribution in [0, 0.1) is 0 Å². The fraction of sp³-hybridized carbons (Fsp3) is 1.00. The second kappa shape index (κ2) is 13.2. The lowest BCUT2D eigenvalue weighted by molar-refractivity contribution is 0.345. The summed E-state index contributed by atoms with van der Waals surface area (Å²) in [5, 5.41) is 4.08. The topological polar surface area (TPSA) is 46.2 Å². The molecule has 208 valence electrons. The highest BCUT2D eigenvalue weighted by molar-refractivity contribution is 7.65. The first-order chi connectivity index (χ1) is 17.6. The van der Waals surface area contributed by atoms with Crippen LogP contribution in [0.5, 0.6) is 0 Å². The van der Waals surface area contributed by atoms with Crippen molar-refractivity contribution in [2.45, 2.75) is 182 Å². The molecule has 5 rings (SSSR count). The molecular weight excluding hydrogens is 480 g/mol. The highest BCUT2D eigenvalue weighted by atomic mass is 31.2. The lowest BCUT2D eigenvalue weighted by atomic mass is 9.99. The van der Waals surface area contributed by atoms with Gasteiger partial charge in [-0.2, -0.15) is 0 Å². The van der Waals surface area contributed by atoms with Crippen LogP contribution in [-0.4, -0.2) is 47.0 Å². The van der Waals surface area contributed by atoms with Gasteiger partial charge in [-0.25, -0.2) is 0 Å². The average Bonchev–Trinajstić information content (AvgIpc) is 2.95. The van der Waals surface area contributed by atoms with Crippen LogP contribution in [0.1, 0.15) is 148 Å². The van der Waals surface area contributed by atoms with E-state index >= 15 is 0 Å². The maximum atomic E-state index is 15.0. The van der Waals surface area contributed by atoms with Gasteiger partial charge in [0.15, 0.2) is 0 Å². The minimum absolute atomic E-state index is 0.407. The van der Waals surface area contributed by atoms with Crippen molar-refractivity contribution in [2.24, 2.45) is 0 Å². The molecule has 0 amide bonds. The van der Waals surface area contributed by atoms with Crippen LogP contribution in [0.2, 0.25) is 0 Å². The van der Waals surface area contributed by atoms with Gasteiger partial charge in [0, 0.05) is 47.0 Å². The summed E-state index contributed by atoms with van der Waals surface area (Å²) < 4.78 is 30.0. The fourth-order valence-electron chi connectivity index (χ4n) is 9.35. The van der Waals surface area contributed by atoms with Gasteiger partial charge in [-0.1, -0.05) is 83.5 Å². The third kappa shape index (κ3) is 6.58. The molecule has 0 aromatic rings. The molecule has 2 unspecified atom stereocenters. The molecule has 0 aromatic heterocycles. The summed E-state index contributed by atoms with van der Waals surface area (Å²) in [6, 6.07) is 0.814. The van der Waals surface area contributed by atoms with Crippen LogP contribution < -0.4 is 5.32 Å². The van der Waals surface area contributed by atoms with Crippen LogP contribution >= 0.6 is 14.3 Å². The third-order valence-electron chi connectivity index (χ3n) is 11.4. The Morgan fingerprint density at radius 2 is 0.667 bits per heavy atom. The van der Waals surface area contributed by atoms with Crippen molar-refractivity contribution in [2.75, 3.05) is 12.3 Å². The molecule has 3 nitrogen and oxygen atoms in total. The Hall–Kier alpha value is 0.420. The molecule has 5 aliphatic rings. The quantitative estimate of drug-likeness (QED) is 0.314. The Kier molecular flexibility index (Phi) is 10.2. The Labute approximate surface area is 223 Å². The summed E-state index contributed by atoms with van der Waals surface area (Å²) >= 11 is 0. The molecule has 1 heterocycles. The monoisotopic (exact) mass is 537 g/mol. The van der Waals surface area contributed by atoms with Crippen LogP contribution in [-0.2, 0) is 9.13 Å². The molecule has 36 heavy (non-hydrogen) atoms. The van der Waals surface area contributed by atoms with Gasteiger partial charge >= 0.3 is 0 Å². The molecule has 0 spiro atoms. The van der Waals surface area contributed by atoms with Crippen LogP contribution in [0.25, 0.3) is 0 Å². The number of hydrogen-bond acceptors (Lipinski definition) is 3. The minimum atomic E-state index is -2.20. The lowest BCUT2D eigenvalue weighted by Crippen LogP contribution is -2.48. The molecule has 0 bridgehead atoms. The predicted octanol–water partition coefficient (Wildman–Crippen LogP) is 9.55. The van der Waals surface area contributed by atoms with E-state index < -0.39 is 14.3 Å². The minimum Gasteiger partial charge on any atom is -0.323 e. The number of hydrogen-bond donors (Lipinski definition) is 1. The molecule has 4 saturated carbocycles. The van der Waals surface area contributed by atoms with Crippen molar-refractivity contribution in [3.63, 3.8) is 0 Å². The van der Waals surface area contributed by atoms with Crippen LogP contribution in [0.15, 0.2) is 0 Å². The maximum Gasteiger partial charge on any atom is 0.0951 e. The normalized spacial score (nSPS) is 31.4. The first kappa shape index (κ1) is 28.0. The lowest BCUT2D eigenvalue weighted by Gasteiger charge is -2.44. The Morgan fingerprint density at radius 1 is 0.389 bits per heavy atom. The van der Waals surface area contributed by atoms with Gasteiger partial charge in [0.25, 0.3) is 0 Å². The zero-order chi connectivity index (χ0) is 24.8. The largest absolute Gasteiger partial charge is 0.323 e. The molecular formula is C31H57NO2P2. The van der Waals surface area contributed by atoms with Crippen molar-refractivity contribution >= 4 is 14.3 Å². The summed E-state index contributed by atoms with van der Waals surface area (Å²) in [7, 11) is -4.40. The molecule has 1 aliphatic heterocycles. The Morgan fingerprint density at radius 3 is 0.944 bits per heavy atom. The van der Waals surface area contributed by atoms with Crippen molar-refractivity contribution in [1.82, 2.24) is 5.32 Å². The SMILES string of the molecule is O=P(CC1CCCC(CP(=O)(C2CCCCC2)C2CCCCC2)N1)(C1CCCCC1)C1CCCCC1. The summed E-state index contributed by atoms with van der Waals surface area (Å²) in [5.74, 6) is 0. The van der Waals surface area contributed by atoms with E-state index in [1.807, 2.05) is 0 Å². The van der Waals surface area contributed by atoms with Gasteiger partial charge in [-0.05, 0) is 64.2 Å². The Balaban J connectivity index is 1.29. The van der Waals surface area contributed by atoms with Gasteiger partial charge in [0.2, 0.25) is 0 Å². The van der Waals surface area contributed by atoms with Crippen LogP contribution in [0.4, 0.5) is 0 Å². The van der Waals surface area contributed by atoms with E-state index in [-0.39, 0.29) is 0 Å². The molecule has 5 heteroatoms. The highest BCUT2D eigenvalue weighted by Gasteiger charge is 2.45. The van der Waals surface area contributed by atoms with E-state index in [9.17, 15) is 9.13 Å². The van der Waals surface area contributed by atoms with Gasteiger partial charge in [0.1, 0.15) is 0 Å². The van der Waals surface area contributed by atoms with Crippen molar-refractivity contribution in [1.29, 1.82) is 0 Å². The van der Waals surface area contributed by atoms with Crippen molar-refractivity contribution in [3.8, 4) is 0 Å². The zero-order valence-corrected chi connectivity index (χ0v) is 25.1. The van der Waals surface area contributed by atoms with Crippen LogP contribution in [0.3, 0.4) is 0 Å². The van der Waals surface area contributed by atoms with E-state index in [0.717, 1.165) is 12.3 Å². The molecule has 0 aromatic carbocycles. The number of rotatable bonds is 8. The van der Waals surface area contributed by atoms with E-state index in [0.29, 0.717) is 34.7 Å². The molecule has 0 radical (unpaired) electrons. The first-order valence-corrected chi connectivity index (χ1v) is 20.6. The number of piperidine rings is 1. The van der Waals surface area contributed by atoms with Gasteiger partial charge < -0.3 is 14.4 Å². The smallest absolute Gasteiger partial charge is 0.0951 e. The van der Waals surface area contributed by atoms with E-state index in [1.165, 1.54) is 148 Å². The molecule has 4 aliphatic carbocycles. The highest BCUT2D eigenvalue weighted by Crippen LogP contribution is 2.65. The summed E-state index contributed by atoms with van der Waals surface area (Å²) in [6.07, 6.45) is 31.1. The van der Waals surface area contributed by atoms with Gasteiger partial charge in [0.05, 0.1) is 14.3 Å². The molecule has 5 fully saturated rings. The van der Waals surface area contributed by atoms with Crippen molar-refractivity contribution < 1.29 is 9.13 Å². The van der Waals surface area contributed by atoms with E-state index in [4.69, 9.17) is 0 Å². The Bertz CT molecular complexity index is 655. The van der Waals surface area contributed by atoms with E-state index in [2.05, 4.69) is 5.32 Å². The average molecular weight is 538 g/mol. The third-order valence-corrected chi connectivity index (χ3v) is 20.4. The van der Waals surface area contributed by atoms with E-state index in [1.54, 1.807) is 0 Å². The first-order valence-electron chi connectivity index (χ1n) is 16.5. The van der Waals surface area contributed by atoms with Crippen molar-refractivity contribution in [3.05, 3.63) is 0 Å². The maximum absolute atomic E-state index is 15.0. The second-order valence-corrected chi connectivity index (χ2v) is 20.8. The zero-order valence-electron chi connectivity index (χ0n) is 23.4. The molecule has 1 saturated heterocycles. The van der Waals surface area contributed by atoms with Gasteiger partial charge in [-0.15, -0.1) is 0 Å². The summed E-state index contributed by atoms with van der Waals surface area (Å²) in [4.78, 5) is 0. The molecule has 1 N–H and O–H groups in total. The summed E-state index contributed by atoms with van der Waals surface area (Å²) in [6.45, 7) is 0. The predicted molar refractivity (Wildman–Crippen MR) is 157 cm³/mol. The number of nitrogens with one attached hydrogen (secondary N) is 1. The standard InChI is InChI=1S/C31H57NO2P2/c33-35(28-16-5-1-6-17-28,29-18-7-2-8-19-29)24-26-14-13-15-27(32-26)25-36(34,30-20-9-3-10-21-30)31-22-11-4-12-23-31/h26-32H,1-25H2. The second-order valence-electron chi connectivity index (χ2n) is 13.7.